The summed E-state index contributed by atoms with van der Waals surface area (Å²) >= 11 is 0. The van der Waals surface area contributed by atoms with Gasteiger partial charge in [0, 0.05) is 11.8 Å². The molecular formula is C17H17NO5. The second-order valence-electron chi connectivity index (χ2n) is 4.92. The van der Waals surface area contributed by atoms with E-state index in [-0.39, 0.29) is 12.5 Å². The van der Waals surface area contributed by atoms with E-state index in [0.29, 0.717) is 28.7 Å². The first kappa shape index (κ1) is 15.0. The number of fused-ring (bicyclic) bond motifs is 1. The molecule has 0 bridgehead atoms. The van der Waals surface area contributed by atoms with Crippen molar-refractivity contribution < 1.29 is 23.7 Å². The lowest BCUT2D eigenvalue weighted by Crippen LogP contribution is -2.40. The Morgan fingerprint density at radius 2 is 1.83 bits per heavy atom. The molecule has 1 N–H and O–H groups in total. The van der Waals surface area contributed by atoms with Gasteiger partial charge in [-0.25, -0.2) is 0 Å². The van der Waals surface area contributed by atoms with Gasteiger partial charge in [-0.1, -0.05) is 12.1 Å². The summed E-state index contributed by atoms with van der Waals surface area (Å²) in [5, 5.41) is 2.79. The summed E-state index contributed by atoms with van der Waals surface area (Å²) in [7, 11) is 3.10. The molecule has 0 aliphatic carbocycles. The van der Waals surface area contributed by atoms with Crippen LogP contribution in [0.3, 0.4) is 0 Å². The van der Waals surface area contributed by atoms with Gasteiger partial charge in [-0.2, -0.15) is 0 Å². The molecule has 0 radical (unpaired) electrons. The lowest BCUT2D eigenvalue weighted by Gasteiger charge is -2.25. The monoisotopic (exact) mass is 315 g/mol. The number of carbonyl (C=O) groups excluding carboxylic acids is 1. The Balaban J connectivity index is 1.70. The van der Waals surface area contributed by atoms with Crippen molar-refractivity contribution in [2.75, 3.05) is 26.1 Å². The van der Waals surface area contributed by atoms with Crippen molar-refractivity contribution in [2.45, 2.75) is 6.10 Å². The zero-order chi connectivity index (χ0) is 16.2. The van der Waals surface area contributed by atoms with Crippen LogP contribution < -0.4 is 24.3 Å². The minimum absolute atomic E-state index is 0.163. The van der Waals surface area contributed by atoms with Crippen LogP contribution in [0.25, 0.3) is 0 Å². The number of carbonyl (C=O) groups is 1. The maximum atomic E-state index is 12.3. The van der Waals surface area contributed by atoms with Gasteiger partial charge >= 0.3 is 0 Å². The second kappa shape index (κ2) is 6.48. The van der Waals surface area contributed by atoms with E-state index < -0.39 is 6.10 Å². The first-order valence-electron chi connectivity index (χ1n) is 7.12. The standard InChI is InChI=1S/C17H17NO5/c1-20-12-8-7-11(9-15(12)21-2)18-17(19)16-10-22-13-5-3-4-6-14(13)23-16/h3-9,16H,10H2,1-2H3,(H,18,19). The van der Waals surface area contributed by atoms with E-state index >= 15 is 0 Å². The van der Waals surface area contributed by atoms with Gasteiger partial charge in [0.05, 0.1) is 14.2 Å². The molecule has 2 aromatic rings. The molecule has 2 aromatic carbocycles. The average molecular weight is 315 g/mol. The van der Waals surface area contributed by atoms with E-state index in [1.54, 1.807) is 44.6 Å². The number of hydrogen-bond donors (Lipinski definition) is 1. The van der Waals surface area contributed by atoms with Gasteiger partial charge in [-0.3, -0.25) is 4.79 Å². The number of methoxy groups -OCH3 is 2. The minimum atomic E-state index is -0.710. The molecule has 23 heavy (non-hydrogen) atoms. The van der Waals surface area contributed by atoms with E-state index in [1.165, 1.54) is 0 Å². The molecule has 1 unspecified atom stereocenters. The molecule has 6 nitrogen and oxygen atoms in total. The Bertz CT molecular complexity index is 716. The molecular weight excluding hydrogens is 298 g/mol. The molecule has 0 saturated carbocycles. The maximum Gasteiger partial charge on any atom is 0.269 e. The number of para-hydroxylation sites is 2. The van der Waals surface area contributed by atoms with Gasteiger partial charge < -0.3 is 24.3 Å². The molecule has 0 aromatic heterocycles. The van der Waals surface area contributed by atoms with Crippen LogP contribution in [0.2, 0.25) is 0 Å². The fourth-order valence-corrected chi connectivity index (χ4v) is 2.29. The molecule has 1 heterocycles. The van der Waals surface area contributed by atoms with Crippen molar-refractivity contribution >= 4 is 11.6 Å². The van der Waals surface area contributed by atoms with Gasteiger partial charge in [-0.15, -0.1) is 0 Å². The fourth-order valence-electron chi connectivity index (χ4n) is 2.29. The predicted octanol–water partition coefficient (Wildman–Crippen LogP) is 2.48. The fraction of sp³-hybridized carbons (Fsp3) is 0.235. The third kappa shape index (κ3) is 3.15. The summed E-state index contributed by atoms with van der Waals surface area (Å²) in [6, 6.07) is 12.4. The number of anilines is 1. The van der Waals surface area contributed by atoms with Crippen LogP contribution in [0.15, 0.2) is 42.5 Å². The first-order valence-corrected chi connectivity index (χ1v) is 7.12. The Kier molecular flexibility index (Phi) is 4.23. The molecule has 3 rings (SSSR count). The average Bonchev–Trinajstić information content (AvgIpc) is 2.61. The number of benzene rings is 2. The third-order valence-corrected chi connectivity index (χ3v) is 3.45. The number of nitrogens with one attached hydrogen (secondary N) is 1. The minimum Gasteiger partial charge on any atom is -0.493 e. The van der Waals surface area contributed by atoms with Gasteiger partial charge in [-0.05, 0) is 24.3 Å². The molecule has 6 heteroatoms. The summed E-state index contributed by atoms with van der Waals surface area (Å²) in [6.45, 7) is 0.163. The zero-order valence-corrected chi connectivity index (χ0v) is 12.9. The Hall–Kier alpha value is -2.89. The summed E-state index contributed by atoms with van der Waals surface area (Å²) in [4.78, 5) is 12.3. The second-order valence-corrected chi connectivity index (χ2v) is 4.92. The van der Waals surface area contributed by atoms with Crippen molar-refractivity contribution in [3.8, 4) is 23.0 Å². The summed E-state index contributed by atoms with van der Waals surface area (Å²) in [5.41, 5.74) is 0.593. The quantitative estimate of drug-likeness (QED) is 0.939. The highest BCUT2D eigenvalue weighted by Crippen LogP contribution is 2.32. The lowest BCUT2D eigenvalue weighted by atomic mass is 10.2. The van der Waals surface area contributed by atoms with Crippen LogP contribution in [0.4, 0.5) is 5.69 Å². The van der Waals surface area contributed by atoms with Crippen LogP contribution in [-0.4, -0.2) is 32.8 Å². The van der Waals surface area contributed by atoms with Crippen LogP contribution in [0.5, 0.6) is 23.0 Å². The van der Waals surface area contributed by atoms with Gasteiger partial charge in [0.15, 0.2) is 23.0 Å². The highest BCUT2D eigenvalue weighted by Gasteiger charge is 2.27. The molecule has 0 saturated heterocycles. The number of amides is 1. The van der Waals surface area contributed by atoms with Crippen LogP contribution in [-0.2, 0) is 4.79 Å². The van der Waals surface area contributed by atoms with Crippen molar-refractivity contribution in [3.63, 3.8) is 0 Å². The predicted molar refractivity (Wildman–Crippen MR) is 84.5 cm³/mol. The topological polar surface area (TPSA) is 66.0 Å². The van der Waals surface area contributed by atoms with Gasteiger partial charge in [0.2, 0.25) is 6.10 Å². The molecule has 0 fully saturated rings. The largest absolute Gasteiger partial charge is 0.493 e. The third-order valence-electron chi connectivity index (χ3n) is 3.45. The molecule has 1 amide bonds. The maximum absolute atomic E-state index is 12.3. The highest BCUT2D eigenvalue weighted by molar-refractivity contribution is 5.95. The van der Waals surface area contributed by atoms with E-state index in [1.807, 2.05) is 12.1 Å². The number of hydrogen-bond acceptors (Lipinski definition) is 5. The molecule has 0 spiro atoms. The first-order chi connectivity index (χ1) is 11.2. The SMILES string of the molecule is COc1ccc(NC(=O)C2COc3ccccc3O2)cc1OC. The van der Waals surface area contributed by atoms with Gasteiger partial charge in [0.25, 0.3) is 5.91 Å². The van der Waals surface area contributed by atoms with E-state index in [0.717, 1.165) is 0 Å². The lowest BCUT2D eigenvalue weighted by molar-refractivity contribution is -0.125. The Morgan fingerprint density at radius 3 is 2.57 bits per heavy atom. The van der Waals surface area contributed by atoms with E-state index in [4.69, 9.17) is 18.9 Å². The molecule has 120 valence electrons. The van der Waals surface area contributed by atoms with E-state index in [9.17, 15) is 4.79 Å². The van der Waals surface area contributed by atoms with Crippen LogP contribution in [0, 0.1) is 0 Å². The molecule has 1 aliphatic heterocycles. The Labute approximate surface area is 133 Å². The normalized spacial score (nSPS) is 15.7. The van der Waals surface area contributed by atoms with E-state index in [2.05, 4.69) is 5.32 Å². The van der Waals surface area contributed by atoms with Crippen molar-refractivity contribution in [3.05, 3.63) is 42.5 Å². The van der Waals surface area contributed by atoms with Crippen molar-refractivity contribution in [1.29, 1.82) is 0 Å². The zero-order valence-electron chi connectivity index (χ0n) is 12.9. The van der Waals surface area contributed by atoms with Crippen molar-refractivity contribution in [2.24, 2.45) is 0 Å². The number of ether oxygens (including phenoxy) is 4. The van der Waals surface area contributed by atoms with Gasteiger partial charge in [0.1, 0.15) is 6.61 Å². The number of rotatable bonds is 4. The smallest absolute Gasteiger partial charge is 0.269 e. The summed E-state index contributed by atoms with van der Waals surface area (Å²) in [5.74, 6) is 2.05. The van der Waals surface area contributed by atoms with Crippen molar-refractivity contribution in [1.82, 2.24) is 0 Å². The Morgan fingerprint density at radius 1 is 1.09 bits per heavy atom. The molecule has 1 atom stereocenters. The summed E-state index contributed by atoms with van der Waals surface area (Å²) < 4.78 is 21.6. The van der Waals surface area contributed by atoms with Crippen LogP contribution >= 0.6 is 0 Å². The van der Waals surface area contributed by atoms with Crippen LogP contribution in [0.1, 0.15) is 0 Å². The molecule has 1 aliphatic rings. The highest BCUT2D eigenvalue weighted by atomic mass is 16.6. The summed E-state index contributed by atoms with van der Waals surface area (Å²) in [6.07, 6.45) is -0.710.